The van der Waals surface area contributed by atoms with Gasteiger partial charge in [-0.15, -0.1) is 0 Å². The number of nitrogens with one attached hydrogen (secondary N) is 2. The molecule has 0 aromatic carbocycles. The van der Waals surface area contributed by atoms with Crippen LogP contribution in [0.2, 0.25) is 0 Å². The van der Waals surface area contributed by atoms with E-state index in [0.29, 0.717) is 37.4 Å². The molecule has 116 valence electrons. The maximum absolute atomic E-state index is 12.0. The van der Waals surface area contributed by atoms with E-state index < -0.39 is 0 Å². The first-order valence-corrected chi connectivity index (χ1v) is 7.38. The standard InChI is InChI=1S/C16H18N2O4/c1-3-21-15(19)13-11-5-10-8-18-14(16(20)22-4-2)12(10)6-9(11)7-17-13/h7-8,17-18H,3-6H2,1-2H3. The average molecular weight is 302 g/mol. The number of H-pyrrole nitrogens is 2. The van der Waals surface area contributed by atoms with Gasteiger partial charge in [-0.25, -0.2) is 9.59 Å². The van der Waals surface area contributed by atoms with E-state index in [2.05, 4.69) is 9.97 Å². The van der Waals surface area contributed by atoms with Gasteiger partial charge in [0.25, 0.3) is 0 Å². The highest BCUT2D eigenvalue weighted by Crippen LogP contribution is 2.31. The smallest absolute Gasteiger partial charge is 0.355 e. The Kier molecular flexibility index (Phi) is 3.75. The Hall–Kier alpha value is -2.50. The molecule has 0 spiro atoms. The minimum Gasteiger partial charge on any atom is -0.461 e. The summed E-state index contributed by atoms with van der Waals surface area (Å²) in [5.41, 5.74) is 4.92. The first kappa shape index (κ1) is 14.4. The van der Waals surface area contributed by atoms with Crippen LogP contribution in [0.3, 0.4) is 0 Å². The van der Waals surface area contributed by atoms with E-state index >= 15 is 0 Å². The molecule has 0 radical (unpaired) electrons. The SMILES string of the molecule is CCOC(=O)c1[nH]cc2c1Cc1c[nH]c(C(=O)OCC)c1C2. The maximum Gasteiger partial charge on any atom is 0.355 e. The second-order valence-electron chi connectivity index (χ2n) is 5.13. The summed E-state index contributed by atoms with van der Waals surface area (Å²) in [6, 6.07) is 0. The molecular weight excluding hydrogens is 284 g/mol. The van der Waals surface area contributed by atoms with Crippen molar-refractivity contribution >= 4 is 11.9 Å². The van der Waals surface area contributed by atoms with Gasteiger partial charge < -0.3 is 19.4 Å². The third kappa shape index (κ3) is 2.30. The Morgan fingerprint density at radius 2 is 1.32 bits per heavy atom. The molecule has 0 unspecified atom stereocenters. The Morgan fingerprint density at radius 3 is 1.68 bits per heavy atom. The van der Waals surface area contributed by atoms with Gasteiger partial charge in [-0.2, -0.15) is 0 Å². The minimum atomic E-state index is -0.339. The van der Waals surface area contributed by atoms with E-state index in [9.17, 15) is 9.59 Å². The molecule has 0 atom stereocenters. The summed E-state index contributed by atoms with van der Waals surface area (Å²) in [4.78, 5) is 29.9. The van der Waals surface area contributed by atoms with E-state index in [0.717, 1.165) is 22.3 Å². The molecule has 6 heteroatoms. The molecule has 2 aromatic heterocycles. The molecule has 1 aliphatic rings. The van der Waals surface area contributed by atoms with Crippen molar-refractivity contribution in [2.75, 3.05) is 13.2 Å². The van der Waals surface area contributed by atoms with E-state index in [1.54, 1.807) is 13.8 Å². The third-order valence-electron chi connectivity index (χ3n) is 3.85. The van der Waals surface area contributed by atoms with Crippen LogP contribution >= 0.6 is 0 Å². The number of hydrogen-bond acceptors (Lipinski definition) is 4. The second kappa shape index (κ2) is 5.71. The molecule has 0 saturated heterocycles. The van der Waals surface area contributed by atoms with Gasteiger partial charge in [0.15, 0.2) is 0 Å². The Labute approximate surface area is 127 Å². The number of carbonyl (C=O) groups is 2. The fraction of sp³-hybridized carbons (Fsp3) is 0.375. The van der Waals surface area contributed by atoms with Crippen molar-refractivity contribution in [3.05, 3.63) is 46.0 Å². The first-order valence-electron chi connectivity index (χ1n) is 7.38. The summed E-state index contributed by atoms with van der Waals surface area (Å²) in [5.74, 6) is -0.679. The van der Waals surface area contributed by atoms with E-state index in [4.69, 9.17) is 9.47 Å². The summed E-state index contributed by atoms with van der Waals surface area (Å²) >= 11 is 0. The van der Waals surface area contributed by atoms with Crippen LogP contribution < -0.4 is 0 Å². The molecule has 0 amide bonds. The quantitative estimate of drug-likeness (QED) is 0.724. The second-order valence-corrected chi connectivity index (χ2v) is 5.13. The van der Waals surface area contributed by atoms with E-state index in [1.165, 1.54) is 0 Å². The minimum absolute atomic E-state index is 0.339. The van der Waals surface area contributed by atoms with Crippen molar-refractivity contribution in [1.29, 1.82) is 0 Å². The predicted octanol–water partition coefficient (Wildman–Crippen LogP) is 2.19. The maximum atomic E-state index is 12.0. The average Bonchev–Trinajstić information content (AvgIpc) is 3.08. The van der Waals surface area contributed by atoms with Crippen LogP contribution in [0.1, 0.15) is 57.1 Å². The predicted molar refractivity (Wildman–Crippen MR) is 79.1 cm³/mol. The normalized spacial score (nSPS) is 12.5. The zero-order valence-electron chi connectivity index (χ0n) is 12.6. The summed E-state index contributed by atoms with van der Waals surface area (Å²) < 4.78 is 10.1. The van der Waals surface area contributed by atoms with Gasteiger partial charge in [0, 0.05) is 25.2 Å². The van der Waals surface area contributed by atoms with E-state index in [1.807, 2.05) is 12.4 Å². The summed E-state index contributed by atoms with van der Waals surface area (Å²) in [5, 5.41) is 0. The number of aromatic amines is 2. The number of carbonyl (C=O) groups excluding carboxylic acids is 2. The van der Waals surface area contributed by atoms with Crippen LogP contribution in [-0.4, -0.2) is 35.1 Å². The first-order chi connectivity index (χ1) is 10.7. The molecule has 2 heterocycles. The molecule has 2 N–H and O–H groups in total. The van der Waals surface area contributed by atoms with Crippen molar-refractivity contribution in [2.24, 2.45) is 0 Å². The third-order valence-corrected chi connectivity index (χ3v) is 3.85. The molecule has 0 bridgehead atoms. The van der Waals surface area contributed by atoms with Crippen LogP contribution in [-0.2, 0) is 22.3 Å². The van der Waals surface area contributed by atoms with Gasteiger partial charge in [-0.1, -0.05) is 0 Å². The molecular formula is C16H18N2O4. The topological polar surface area (TPSA) is 84.2 Å². The zero-order chi connectivity index (χ0) is 15.7. The summed E-state index contributed by atoms with van der Waals surface area (Å²) in [6.45, 7) is 4.25. The van der Waals surface area contributed by atoms with Crippen LogP contribution in [0, 0.1) is 0 Å². The lowest BCUT2D eigenvalue weighted by atomic mass is 9.89. The van der Waals surface area contributed by atoms with Gasteiger partial charge >= 0.3 is 11.9 Å². The van der Waals surface area contributed by atoms with Gasteiger partial charge in [0.05, 0.1) is 13.2 Å². The molecule has 6 nitrogen and oxygen atoms in total. The van der Waals surface area contributed by atoms with Crippen molar-refractivity contribution in [3.63, 3.8) is 0 Å². The Morgan fingerprint density at radius 1 is 0.909 bits per heavy atom. The van der Waals surface area contributed by atoms with Crippen LogP contribution in [0.25, 0.3) is 0 Å². The zero-order valence-corrected chi connectivity index (χ0v) is 12.6. The van der Waals surface area contributed by atoms with Gasteiger partial charge in [-0.3, -0.25) is 0 Å². The number of hydrogen-bond donors (Lipinski definition) is 2. The Balaban J connectivity index is 1.91. The number of rotatable bonds is 4. The molecule has 3 rings (SSSR count). The highest BCUT2D eigenvalue weighted by Gasteiger charge is 2.28. The van der Waals surface area contributed by atoms with Gasteiger partial charge in [0.1, 0.15) is 11.4 Å². The highest BCUT2D eigenvalue weighted by atomic mass is 16.5. The van der Waals surface area contributed by atoms with Crippen LogP contribution in [0.15, 0.2) is 12.4 Å². The lowest BCUT2D eigenvalue weighted by molar-refractivity contribution is 0.0509. The lowest BCUT2D eigenvalue weighted by Crippen LogP contribution is -2.13. The van der Waals surface area contributed by atoms with Crippen molar-refractivity contribution in [3.8, 4) is 0 Å². The molecule has 2 aromatic rings. The number of fused-ring (bicyclic) bond motifs is 2. The number of esters is 2. The fourth-order valence-electron chi connectivity index (χ4n) is 2.86. The molecule has 0 aliphatic heterocycles. The van der Waals surface area contributed by atoms with Crippen molar-refractivity contribution in [2.45, 2.75) is 26.7 Å². The monoisotopic (exact) mass is 302 g/mol. The highest BCUT2D eigenvalue weighted by molar-refractivity contribution is 5.92. The molecule has 0 saturated carbocycles. The number of aromatic nitrogens is 2. The summed E-state index contributed by atoms with van der Waals surface area (Å²) in [7, 11) is 0. The van der Waals surface area contributed by atoms with Gasteiger partial charge in [-0.05, 0) is 36.1 Å². The van der Waals surface area contributed by atoms with Gasteiger partial charge in [0.2, 0.25) is 0 Å². The molecule has 1 aliphatic carbocycles. The number of ether oxygens (including phenoxy) is 2. The molecule has 22 heavy (non-hydrogen) atoms. The fourth-order valence-corrected chi connectivity index (χ4v) is 2.86. The molecule has 0 fully saturated rings. The Bertz CT molecular complexity index is 664. The van der Waals surface area contributed by atoms with Crippen molar-refractivity contribution < 1.29 is 19.1 Å². The van der Waals surface area contributed by atoms with E-state index in [-0.39, 0.29) is 11.9 Å². The largest absolute Gasteiger partial charge is 0.461 e. The summed E-state index contributed by atoms with van der Waals surface area (Å²) in [6.07, 6.45) is 4.81. The van der Waals surface area contributed by atoms with Crippen molar-refractivity contribution in [1.82, 2.24) is 9.97 Å². The van der Waals surface area contributed by atoms with Crippen LogP contribution in [0.5, 0.6) is 0 Å². The lowest BCUT2D eigenvalue weighted by Gasteiger charge is -2.15. The van der Waals surface area contributed by atoms with Crippen LogP contribution in [0.4, 0.5) is 0 Å².